The molecule has 2 rings (SSSR count). The topological polar surface area (TPSA) is 28.1 Å². The fraction of sp³-hybridized carbons (Fsp3) is 0.222. The second-order valence-electron chi connectivity index (χ2n) is 4.25. The highest BCUT2D eigenvalue weighted by Gasteiger charge is 1.99. The van der Waals surface area contributed by atoms with Gasteiger partial charge in [-0.05, 0) is 30.5 Å². The van der Waals surface area contributed by atoms with E-state index in [2.05, 4.69) is 24.8 Å². The number of nitriles is 1. The molecule has 0 aromatic heterocycles. The lowest BCUT2D eigenvalue weighted by Gasteiger charge is -2.04. The average Bonchev–Trinajstić information content (AvgIpc) is 2.55. The van der Waals surface area contributed by atoms with Crippen LogP contribution >= 0.6 is 0 Å². The maximum atomic E-state index is 8.29. The second kappa shape index (κ2) is 8.51. The normalized spacial score (nSPS) is 8.80. The molecule has 0 saturated carbocycles. The van der Waals surface area contributed by atoms with E-state index in [1.165, 1.54) is 11.1 Å². The van der Waals surface area contributed by atoms with Crippen molar-refractivity contribution in [1.82, 2.24) is 0 Å². The lowest BCUT2D eigenvalue weighted by atomic mass is 10.0. The fourth-order valence-corrected chi connectivity index (χ4v) is 1.87. The van der Waals surface area contributed by atoms with E-state index in [1.807, 2.05) is 36.4 Å². The zero-order chi connectivity index (χ0) is 14.8. The Morgan fingerprint density at radius 1 is 1.00 bits per heavy atom. The maximum Gasteiger partial charge on any atom is 0.187 e. The molecule has 0 saturated heterocycles. The van der Waals surface area contributed by atoms with Gasteiger partial charge in [-0.25, -0.2) is 4.85 Å². The Morgan fingerprint density at radius 3 is 2.10 bits per heavy atom. The molecule has 0 aliphatic rings. The van der Waals surface area contributed by atoms with Crippen molar-refractivity contribution < 1.29 is 0 Å². The summed E-state index contributed by atoms with van der Waals surface area (Å²) in [5, 5.41) is 8.29. The van der Waals surface area contributed by atoms with E-state index in [4.69, 9.17) is 11.8 Å². The van der Waals surface area contributed by atoms with Gasteiger partial charge in [0.1, 0.15) is 0 Å². The molecule has 0 aliphatic carbocycles. The smallest absolute Gasteiger partial charge is 0.187 e. The largest absolute Gasteiger partial charge is 0.238 e. The Morgan fingerprint density at radius 2 is 1.65 bits per heavy atom. The molecule has 0 fully saturated rings. The van der Waals surface area contributed by atoms with Crippen LogP contribution in [-0.4, -0.2) is 0 Å². The van der Waals surface area contributed by atoms with Crippen LogP contribution in [0, 0.1) is 17.9 Å². The van der Waals surface area contributed by atoms with E-state index in [1.54, 1.807) is 12.1 Å². The average molecular weight is 262 g/mol. The molecule has 2 aromatic carbocycles. The quantitative estimate of drug-likeness (QED) is 0.706. The van der Waals surface area contributed by atoms with Gasteiger partial charge in [0.2, 0.25) is 0 Å². The first-order valence-electron chi connectivity index (χ1n) is 6.69. The van der Waals surface area contributed by atoms with Crippen LogP contribution in [0.25, 0.3) is 4.85 Å². The molecule has 0 amide bonds. The minimum Gasteiger partial charge on any atom is -0.238 e. The van der Waals surface area contributed by atoms with Crippen LogP contribution in [0.2, 0.25) is 0 Å². The van der Waals surface area contributed by atoms with Gasteiger partial charge >= 0.3 is 0 Å². The summed E-state index contributed by atoms with van der Waals surface area (Å²) >= 11 is 0. The summed E-state index contributed by atoms with van der Waals surface area (Å²) in [6, 6.07) is 17.1. The predicted octanol–water partition coefficient (Wildman–Crippen LogP) is 4.92. The number of rotatable bonds is 2. The standard InChI is InChI=1S/C11H13N.C7H5N/c1-4-9-6-7-11(12-3)8-10(9)5-2;8-6-7-4-2-1-3-5-7/h6-8H,4-5H2,1-2H3;1-5H. The van der Waals surface area contributed by atoms with Crippen LogP contribution in [0.5, 0.6) is 0 Å². The van der Waals surface area contributed by atoms with Gasteiger partial charge in [0.25, 0.3) is 0 Å². The third kappa shape index (κ3) is 4.59. The van der Waals surface area contributed by atoms with Gasteiger partial charge in [0.05, 0.1) is 18.2 Å². The first-order valence-corrected chi connectivity index (χ1v) is 6.69. The minimum atomic E-state index is 0.715. The van der Waals surface area contributed by atoms with Crippen LogP contribution < -0.4 is 0 Å². The first-order chi connectivity index (χ1) is 9.74. The summed E-state index contributed by atoms with van der Waals surface area (Å²) in [7, 11) is 0. The van der Waals surface area contributed by atoms with E-state index >= 15 is 0 Å². The van der Waals surface area contributed by atoms with Crippen molar-refractivity contribution in [2.24, 2.45) is 0 Å². The lowest BCUT2D eigenvalue weighted by molar-refractivity contribution is 1.04. The zero-order valence-electron chi connectivity index (χ0n) is 11.9. The molecule has 0 N–H and O–H groups in total. The molecule has 0 aliphatic heterocycles. The Kier molecular flexibility index (Phi) is 6.59. The third-order valence-electron chi connectivity index (χ3n) is 2.98. The van der Waals surface area contributed by atoms with Crippen LogP contribution in [-0.2, 0) is 12.8 Å². The van der Waals surface area contributed by atoms with Crippen molar-refractivity contribution in [3.8, 4) is 6.07 Å². The van der Waals surface area contributed by atoms with Gasteiger partial charge in [-0.1, -0.05) is 55.8 Å². The molecule has 2 aromatic rings. The monoisotopic (exact) mass is 262 g/mol. The SMILES string of the molecule is N#Cc1ccccc1.[C-]#[N+]c1ccc(CC)c(CC)c1. The maximum absolute atomic E-state index is 8.29. The molecule has 0 atom stereocenters. The van der Waals surface area contributed by atoms with Crippen LogP contribution in [0.1, 0.15) is 30.5 Å². The second-order valence-corrected chi connectivity index (χ2v) is 4.25. The molecule has 0 spiro atoms. The van der Waals surface area contributed by atoms with Crippen LogP contribution in [0.15, 0.2) is 48.5 Å². The van der Waals surface area contributed by atoms with Crippen LogP contribution in [0.3, 0.4) is 0 Å². The fourth-order valence-electron chi connectivity index (χ4n) is 1.87. The molecule has 0 bridgehead atoms. The van der Waals surface area contributed by atoms with Gasteiger partial charge < -0.3 is 0 Å². The van der Waals surface area contributed by atoms with Gasteiger partial charge in [-0.15, -0.1) is 0 Å². The van der Waals surface area contributed by atoms with Gasteiger partial charge in [-0.3, -0.25) is 0 Å². The van der Waals surface area contributed by atoms with Crippen molar-refractivity contribution >= 4 is 5.69 Å². The summed E-state index contributed by atoms with van der Waals surface area (Å²) in [6.07, 6.45) is 2.08. The van der Waals surface area contributed by atoms with Crippen molar-refractivity contribution in [3.05, 3.63) is 76.6 Å². The van der Waals surface area contributed by atoms with Crippen LogP contribution in [0.4, 0.5) is 5.69 Å². The van der Waals surface area contributed by atoms with E-state index in [9.17, 15) is 0 Å². The Bertz CT molecular complexity index is 616. The number of aryl methyl sites for hydroxylation is 2. The highest BCUT2D eigenvalue weighted by atomic mass is 14.6. The van der Waals surface area contributed by atoms with Crippen molar-refractivity contribution in [2.45, 2.75) is 26.7 Å². The van der Waals surface area contributed by atoms with Gasteiger partial charge in [-0.2, -0.15) is 5.26 Å². The molecule has 2 nitrogen and oxygen atoms in total. The molecule has 100 valence electrons. The molecule has 0 unspecified atom stereocenters. The molecular weight excluding hydrogens is 244 g/mol. The lowest BCUT2D eigenvalue weighted by Crippen LogP contribution is -1.88. The van der Waals surface area contributed by atoms with Crippen molar-refractivity contribution in [2.75, 3.05) is 0 Å². The molecule has 20 heavy (non-hydrogen) atoms. The molecule has 0 heterocycles. The predicted molar refractivity (Wildman–Crippen MR) is 82.6 cm³/mol. The van der Waals surface area contributed by atoms with Gasteiger partial charge in [0.15, 0.2) is 5.69 Å². The Balaban J connectivity index is 0.000000217. The summed E-state index contributed by atoms with van der Waals surface area (Å²) in [6.45, 7) is 11.1. The minimum absolute atomic E-state index is 0.715. The van der Waals surface area contributed by atoms with E-state index in [0.29, 0.717) is 5.56 Å². The molecular formula is C18H18N2. The highest BCUT2D eigenvalue weighted by Crippen LogP contribution is 2.19. The Hall–Kier alpha value is -2.58. The van der Waals surface area contributed by atoms with Crippen molar-refractivity contribution in [1.29, 1.82) is 5.26 Å². The first kappa shape index (κ1) is 15.5. The number of nitrogens with zero attached hydrogens (tertiary/aromatic N) is 2. The summed E-state index contributed by atoms with van der Waals surface area (Å²) in [5.41, 5.74) is 4.15. The number of hydrogen-bond donors (Lipinski definition) is 0. The number of hydrogen-bond acceptors (Lipinski definition) is 1. The zero-order valence-corrected chi connectivity index (χ0v) is 11.9. The highest BCUT2D eigenvalue weighted by molar-refractivity contribution is 5.49. The summed E-state index contributed by atoms with van der Waals surface area (Å²) in [4.78, 5) is 3.40. The third-order valence-corrected chi connectivity index (χ3v) is 2.98. The van der Waals surface area contributed by atoms with Gasteiger partial charge in [0, 0.05) is 0 Å². The molecule has 2 heteroatoms. The molecule has 0 radical (unpaired) electrons. The van der Waals surface area contributed by atoms with E-state index < -0.39 is 0 Å². The van der Waals surface area contributed by atoms with E-state index in [-0.39, 0.29) is 0 Å². The van der Waals surface area contributed by atoms with E-state index in [0.717, 1.165) is 18.5 Å². The summed E-state index contributed by atoms with van der Waals surface area (Å²) < 4.78 is 0. The summed E-state index contributed by atoms with van der Waals surface area (Å²) in [5.74, 6) is 0. The number of benzene rings is 2. The van der Waals surface area contributed by atoms with Crippen molar-refractivity contribution in [3.63, 3.8) is 0 Å². The Labute approximate surface area is 121 Å².